The first-order valence-corrected chi connectivity index (χ1v) is 7.57. The van der Waals surface area contributed by atoms with E-state index in [2.05, 4.69) is 24.4 Å². The van der Waals surface area contributed by atoms with E-state index in [1.807, 2.05) is 0 Å². The zero-order chi connectivity index (χ0) is 14.7. The lowest BCUT2D eigenvalue weighted by molar-refractivity contribution is 0.0954. The van der Waals surface area contributed by atoms with Crippen LogP contribution in [0.2, 0.25) is 10.0 Å². The Bertz CT molecular complexity index is 531. The van der Waals surface area contributed by atoms with Crippen LogP contribution in [0.4, 0.5) is 0 Å². The van der Waals surface area contributed by atoms with Gasteiger partial charge in [-0.15, -0.1) is 0 Å². The minimum Gasteiger partial charge on any atom is -0.267 e. The van der Waals surface area contributed by atoms with E-state index < -0.39 is 0 Å². The monoisotopic (exact) mass is 312 g/mol. The van der Waals surface area contributed by atoms with Crippen LogP contribution >= 0.6 is 23.2 Å². The highest BCUT2D eigenvalue weighted by atomic mass is 35.5. The van der Waals surface area contributed by atoms with E-state index in [0.29, 0.717) is 27.4 Å². The molecule has 0 heterocycles. The lowest BCUT2D eigenvalue weighted by Gasteiger charge is -2.26. The van der Waals surface area contributed by atoms with E-state index in [9.17, 15) is 4.79 Å². The lowest BCUT2D eigenvalue weighted by atomic mass is 9.81. The van der Waals surface area contributed by atoms with Crippen molar-refractivity contribution in [2.45, 2.75) is 33.1 Å². The first-order chi connectivity index (χ1) is 9.49. The minimum absolute atomic E-state index is 0.324. The van der Waals surface area contributed by atoms with Gasteiger partial charge in [-0.25, -0.2) is 5.43 Å². The van der Waals surface area contributed by atoms with Gasteiger partial charge in [-0.2, -0.15) is 5.10 Å². The number of rotatable bonds is 2. The zero-order valence-corrected chi connectivity index (χ0v) is 13.1. The summed E-state index contributed by atoms with van der Waals surface area (Å²) < 4.78 is 0. The van der Waals surface area contributed by atoms with Crippen molar-refractivity contribution >= 4 is 34.8 Å². The largest absolute Gasteiger partial charge is 0.272 e. The van der Waals surface area contributed by atoms with Crippen LogP contribution in [0.15, 0.2) is 23.3 Å². The van der Waals surface area contributed by atoms with Crippen LogP contribution in [-0.2, 0) is 0 Å². The molecule has 1 fully saturated rings. The summed E-state index contributed by atoms with van der Waals surface area (Å²) in [5.41, 5.74) is 4.01. The number of amides is 1. The molecule has 0 bridgehead atoms. The number of hydrogen-bond donors (Lipinski definition) is 1. The highest BCUT2D eigenvalue weighted by Crippen LogP contribution is 2.26. The third-order valence-corrected chi connectivity index (χ3v) is 4.31. The molecule has 1 amide bonds. The van der Waals surface area contributed by atoms with Gasteiger partial charge in [0, 0.05) is 10.7 Å². The quantitative estimate of drug-likeness (QED) is 0.800. The van der Waals surface area contributed by atoms with Crippen LogP contribution in [0.3, 0.4) is 0 Å². The predicted molar refractivity (Wildman–Crippen MR) is 83.5 cm³/mol. The summed E-state index contributed by atoms with van der Waals surface area (Å²) in [4.78, 5) is 12.1. The van der Waals surface area contributed by atoms with Crippen LogP contribution in [0.1, 0.15) is 43.5 Å². The van der Waals surface area contributed by atoms with Crippen molar-refractivity contribution < 1.29 is 4.79 Å². The lowest BCUT2D eigenvalue weighted by Crippen LogP contribution is -2.29. The fraction of sp³-hybridized carbons (Fsp3) is 0.467. The minimum atomic E-state index is -0.324. The summed E-state index contributed by atoms with van der Waals surface area (Å²) in [5.74, 6) is 0.498. The first-order valence-electron chi connectivity index (χ1n) is 6.82. The molecule has 2 rings (SSSR count). The Morgan fingerprint density at radius 3 is 2.55 bits per heavy atom. The number of carbonyl (C=O) groups is 1. The van der Waals surface area contributed by atoms with Gasteiger partial charge in [0.05, 0.1) is 10.6 Å². The Hall–Kier alpha value is -1.06. The van der Waals surface area contributed by atoms with Gasteiger partial charge in [-0.3, -0.25) is 4.79 Å². The van der Waals surface area contributed by atoms with Gasteiger partial charge in [0.1, 0.15) is 0 Å². The van der Waals surface area contributed by atoms with E-state index in [-0.39, 0.29) is 5.91 Å². The molecular weight excluding hydrogens is 295 g/mol. The molecular formula is C15H18Cl2N2O. The number of hydrazone groups is 1. The molecule has 0 aromatic heterocycles. The summed E-state index contributed by atoms with van der Waals surface area (Å²) in [7, 11) is 0. The van der Waals surface area contributed by atoms with E-state index in [0.717, 1.165) is 18.6 Å². The third-order valence-electron chi connectivity index (χ3n) is 3.74. The average molecular weight is 313 g/mol. The molecule has 5 heteroatoms. The molecule has 1 aromatic rings. The Morgan fingerprint density at radius 1 is 1.25 bits per heavy atom. The van der Waals surface area contributed by atoms with Crippen molar-refractivity contribution in [1.82, 2.24) is 5.43 Å². The Labute approximate surface area is 129 Å². The molecule has 1 N–H and O–H groups in total. The molecule has 1 aliphatic carbocycles. The molecule has 1 saturated carbocycles. The van der Waals surface area contributed by atoms with Gasteiger partial charge in [-0.1, -0.05) is 43.5 Å². The molecule has 3 nitrogen and oxygen atoms in total. The second kappa shape index (κ2) is 6.59. The molecule has 20 heavy (non-hydrogen) atoms. The van der Waals surface area contributed by atoms with Crippen molar-refractivity contribution in [2.24, 2.45) is 16.9 Å². The fourth-order valence-electron chi connectivity index (χ4n) is 2.58. The molecule has 0 unspecified atom stereocenters. The highest BCUT2D eigenvalue weighted by molar-refractivity contribution is 6.35. The molecule has 0 aliphatic heterocycles. The van der Waals surface area contributed by atoms with Crippen molar-refractivity contribution in [3.05, 3.63) is 33.8 Å². The summed E-state index contributed by atoms with van der Waals surface area (Å²) in [6.45, 7) is 4.29. The van der Waals surface area contributed by atoms with Crippen molar-refractivity contribution in [1.29, 1.82) is 0 Å². The maximum absolute atomic E-state index is 12.1. The van der Waals surface area contributed by atoms with E-state index in [1.165, 1.54) is 6.42 Å². The molecule has 108 valence electrons. The number of benzene rings is 1. The van der Waals surface area contributed by atoms with E-state index in [4.69, 9.17) is 23.2 Å². The maximum Gasteiger partial charge on any atom is 0.272 e. The second-order valence-electron chi connectivity index (χ2n) is 5.33. The van der Waals surface area contributed by atoms with Crippen molar-refractivity contribution in [3.63, 3.8) is 0 Å². The summed E-state index contributed by atoms with van der Waals surface area (Å²) in [6, 6.07) is 4.81. The Kier molecular flexibility index (Phi) is 5.06. The number of halogens is 2. The fourth-order valence-corrected chi connectivity index (χ4v) is 2.95. The van der Waals surface area contributed by atoms with Crippen LogP contribution in [0, 0.1) is 11.8 Å². The summed E-state index contributed by atoms with van der Waals surface area (Å²) in [5, 5.41) is 5.16. The first kappa shape index (κ1) is 15.3. The van der Waals surface area contributed by atoms with Gasteiger partial charge in [0.15, 0.2) is 0 Å². The Balaban J connectivity index is 2.13. The SMILES string of the molecule is C[C@H]1CCC[C@H](C)C1=NNC(=O)c1cc(Cl)ccc1Cl. The number of nitrogens with one attached hydrogen (secondary N) is 1. The summed E-state index contributed by atoms with van der Waals surface area (Å²) in [6.07, 6.45) is 3.46. The van der Waals surface area contributed by atoms with Crippen molar-refractivity contribution in [3.8, 4) is 0 Å². The van der Waals surface area contributed by atoms with Gasteiger partial charge in [0.2, 0.25) is 0 Å². The zero-order valence-electron chi connectivity index (χ0n) is 11.6. The standard InChI is InChI=1S/C15H18Cl2N2O/c1-9-4-3-5-10(2)14(9)18-19-15(20)12-8-11(16)6-7-13(12)17/h6-10H,3-5H2,1-2H3,(H,19,20)/t9-,10-/m0/s1. The maximum atomic E-state index is 12.1. The van der Waals surface area contributed by atoms with Crippen molar-refractivity contribution in [2.75, 3.05) is 0 Å². The molecule has 1 aliphatic rings. The molecule has 0 radical (unpaired) electrons. The van der Waals surface area contributed by atoms with Gasteiger partial charge in [0.25, 0.3) is 5.91 Å². The van der Waals surface area contributed by atoms with E-state index in [1.54, 1.807) is 18.2 Å². The number of nitrogens with zero attached hydrogens (tertiary/aromatic N) is 1. The normalized spacial score (nSPS) is 22.5. The molecule has 0 spiro atoms. The Morgan fingerprint density at radius 2 is 1.90 bits per heavy atom. The third kappa shape index (κ3) is 3.53. The van der Waals surface area contributed by atoms with E-state index >= 15 is 0 Å². The van der Waals surface area contributed by atoms with Crippen LogP contribution in [-0.4, -0.2) is 11.6 Å². The van der Waals surface area contributed by atoms with Gasteiger partial charge >= 0.3 is 0 Å². The predicted octanol–water partition coefficient (Wildman–Crippen LogP) is 4.54. The summed E-state index contributed by atoms with van der Waals surface area (Å²) >= 11 is 11.9. The molecule has 2 atom stereocenters. The number of hydrogen-bond acceptors (Lipinski definition) is 2. The highest BCUT2D eigenvalue weighted by Gasteiger charge is 2.23. The second-order valence-corrected chi connectivity index (χ2v) is 6.18. The smallest absolute Gasteiger partial charge is 0.267 e. The average Bonchev–Trinajstić information content (AvgIpc) is 2.40. The van der Waals surface area contributed by atoms with Gasteiger partial charge < -0.3 is 0 Å². The van der Waals surface area contributed by atoms with Crippen LogP contribution < -0.4 is 5.43 Å². The van der Waals surface area contributed by atoms with Crippen LogP contribution in [0.25, 0.3) is 0 Å². The molecule has 0 saturated heterocycles. The molecule has 1 aromatic carbocycles. The number of carbonyl (C=O) groups excluding carboxylic acids is 1. The van der Waals surface area contributed by atoms with Crippen LogP contribution in [0.5, 0.6) is 0 Å². The topological polar surface area (TPSA) is 41.5 Å². The van der Waals surface area contributed by atoms with Gasteiger partial charge in [-0.05, 0) is 42.9 Å².